The number of aliphatic hydroxyl groups excluding tert-OH is 1. The molecule has 0 bridgehead atoms. The lowest BCUT2D eigenvalue weighted by atomic mass is 10.2. The Labute approximate surface area is 117 Å². The Hall–Kier alpha value is -2.27. The van der Waals surface area contributed by atoms with E-state index in [0.717, 1.165) is 11.4 Å². The van der Waals surface area contributed by atoms with Crippen molar-refractivity contribution in [3.8, 4) is 0 Å². The topological polar surface area (TPSA) is 71.7 Å². The molecule has 0 saturated carbocycles. The first-order chi connectivity index (χ1) is 9.72. The zero-order chi connectivity index (χ0) is 14.4. The van der Waals surface area contributed by atoms with Gasteiger partial charge < -0.3 is 19.6 Å². The molecule has 1 aromatic carbocycles. The van der Waals surface area contributed by atoms with Crippen LogP contribution in [0.3, 0.4) is 0 Å². The van der Waals surface area contributed by atoms with Crippen molar-refractivity contribution in [2.45, 2.75) is 20.1 Å². The monoisotopic (exact) mass is 275 g/mol. The number of benzene rings is 1. The number of esters is 1. The highest BCUT2D eigenvalue weighted by atomic mass is 16.5. The van der Waals surface area contributed by atoms with Gasteiger partial charge in [0.25, 0.3) is 0 Å². The molecule has 0 aliphatic heterocycles. The van der Waals surface area contributed by atoms with Crippen LogP contribution in [0.1, 0.15) is 28.8 Å². The standard InChI is InChI=1S/C15H17NO4/c1-2-19-15(18)11-4-3-5-12(8-11)16-9-13-6-7-14(10-17)20-13/h3-8,16-17H,2,9-10H2,1H3. The third-order valence-electron chi connectivity index (χ3n) is 2.71. The summed E-state index contributed by atoms with van der Waals surface area (Å²) in [5.41, 5.74) is 1.31. The maximum Gasteiger partial charge on any atom is 0.338 e. The van der Waals surface area contributed by atoms with E-state index in [0.29, 0.717) is 24.5 Å². The zero-order valence-corrected chi connectivity index (χ0v) is 11.3. The van der Waals surface area contributed by atoms with Gasteiger partial charge in [-0.15, -0.1) is 0 Å². The Kier molecular flexibility index (Phi) is 4.79. The predicted octanol–water partition coefficient (Wildman–Crippen LogP) is 2.56. The SMILES string of the molecule is CCOC(=O)c1cccc(NCc2ccc(CO)o2)c1. The minimum absolute atomic E-state index is 0.113. The first-order valence-electron chi connectivity index (χ1n) is 6.42. The van der Waals surface area contributed by atoms with Crippen molar-refractivity contribution in [3.63, 3.8) is 0 Å². The molecule has 2 aromatic rings. The van der Waals surface area contributed by atoms with E-state index in [4.69, 9.17) is 14.3 Å². The lowest BCUT2D eigenvalue weighted by molar-refractivity contribution is 0.0526. The van der Waals surface area contributed by atoms with E-state index in [1.165, 1.54) is 0 Å². The van der Waals surface area contributed by atoms with Crippen LogP contribution in [0.25, 0.3) is 0 Å². The molecule has 0 aliphatic carbocycles. The molecule has 0 atom stereocenters. The lowest BCUT2D eigenvalue weighted by Gasteiger charge is -2.07. The van der Waals surface area contributed by atoms with Crippen LogP contribution in [-0.4, -0.2) is 17.7 Å². The van der Waals surface area contributed by atoms with Gasteiger partial charge >= 0.3 is 5.97 Å². The van der Waals surface area contributed by atoms with Crippen LogP contribution >= 0.6 is 0 Å². The van der Waals surface area contributed by atoms with E-state index in [1.54, 1.807) is 37.3 Å². The van der Waals surface area contributed by atoms with Crippen LogP contribution in [-0.2, 0) is 17.9 Å². The van der Waals surface area contributed by atoms with Crippen LogP contribution in [0.5, 0.6) is 0 Å². The van der Waals surface area contributed by atoms with Crippen molar-refractivity contribution in [3.05, 3.63) is 53.5 Å². The molecule has 0 aliphatic rings. The molecule has 0 unspecified atom stereocenters. The number of furan rings is 1. The fraction of sp³-hybridized carbons (Fsp3) is 0.267. The van der Waals surface area contributed by atoms with Gasteiger partial charge in [-0.25, -0.2) is 4.79 Å². The summed E-state index contributed by atoms with van der Waals surface area (Å²) >= 11 is 0. The highest BCUT2D eigenvalue weighted by Crippen LogP contribution is 2.14. The number of rotatable bonds is 6. The van der Waals surface area contributed by atoms with Crippen molar-refractivity contribution < 1.29 is 19.1 Å². The molecule has 5 nitrogen and oxygen atoms in total. The van der Waals surface area contributed by atoms with Crippen LogP contribution in [0.4, 0.5) is 5.69 Å². The van der Waals surface area contributed by atoms with Crippen LogP contribution in [0.15, 0.2) is 40.8 Å². The molecule has 5 heteroatoms. The summed E-state index contributed by atoms with van der Waals surface area (Å²) in [5.74, 6) is 0.911. The summed E-state index contributed by atoms with van der Waals surface area (Å²) < 4.78 is 10.3. The number of nitrogens with one attached hydrogen (secondary N) is 1. The van der Waals surface area contributed by atoms with Crippen molar-refractivity contribution in [1.82, 2.24) is 0 Å². The van der Waals surface area contributed by atoms with E-state index < -0.39 is 0 Å². The van der Waals surface area contributed by atoms with Gasteiger partial charge in [-0.3, -0.25) is 0 Å². The highest BCUT2D eigenvalue weighted by Gasteiger charge is 2.07. The van der Waals surface area contributed by atoms with Crippen molar-refractivity contribution in [1.29, 1.82) is 0 Å². The van der Waals surface area contributed by atoms with Crippen molar-refractivity contribution >= 4 is 11.7 Å². The number of carbonyl (C=O) groups excluding carboxylic acids is 1. The summed E-state index contributed by atoms with van der Waals surface area (Å²) in [6, 6.07) is 10.6. The maximum atomic E-state index is 11.6. The van der Waals surface area contributed by atoms with E-state index >= 15 is 0 Å². The average molecular weight is 275 g/mol. The van der Waals surface area contributed by atoms with Crippen LogP contribution in [0, 0.1) is 0 Å². The summed E-state index contributed by atoms with van der Waals surface area (Å²) in [7, 11) is 0. The molecule has 1 heterocycles. The van der Waals surface area contributed by atoms with Gasteiger partial charge in [0.2, 0.25) is 0 Å². The van der Waals surface area contributed by atoms with E-state index in [2.05, 4.69) is 5.32 Å². The third kappa shape index (κ3) is 3.61. The molecule has 2 N–H and O–H groups in total. The van der Waals surface area contributed by atoms with Crippen molar-refractivity contribution in [2.24, 2.45) is 0 Å². The first kappa shape index (κ1) is 14.1. The molecule has 0 spiro atoms. The Bertz CT molecular complexity index is 577. The fourth-order valence-electron chi connectivity index (χ4n) is 1.76. The summed E-state index contributed by atoms with van der Waals surface area (Å²) in [5, 5.41) is 12.1. The highest BCUT2D eigenvalue weighted by molar-refractivity contribution is 5.90. The van der Waals surface area contributed by atoms with Crippen molar-refractivity contribution in [2.75, 3.05) is 11.9 Å². The Morgan fingerprint density at radius 3 is 2.80 bits per heavy atom. The van der Waals surface area contributed by atoms with E-state index in [-0.39, 0.29) is 12.6 Å². The Morgan fingerprint density at radius 2 is 2.10 bits per heavy atom. The number of carbonyl (C=O) groups is 1. The molecule has 1 aromatic heterocycles. The molecular weight excluding hydrogens is 258 g/mol. The molecule has 0 amide bonds. The minimum atomic E-state index is -0.336. The van der Waals surface area contributed by atoms with Gasteiger partial charge in [0.05, 0.1) is 18.7 Å². The second-order valence-electron chi connectivity index (χ2n) is 4.18. The smallest absolute Gasteiger partial charge is 0.338 e. The molecule has 0 fully saturated rings. The zero-order valence-electron chi connectivity index (χ0n) is 11.3. The van der Waals surface area contributed by atoms with E-state index in [1.807, 2.05) is 6.07 Å². The first-order valence-corrected chi connectivity index (χ1v) is 6.42. The predicted molar refractivity (Wildman–Crippen MR) is 74.4 cm³/mol. The maximum absolute atomic E-state index is 11.6. The van der Waals surface area contributed by atoms with E-state index in [9.17, 15) is 4.79 Å². The summed E-state index contributed by atoms with van der Waals surface area (Å²) in [6.45, 7) is 2.49. The molecule has 20 heavy (non-hydrogen) atoms. The van der Waals surface area contributed by atoms with Gasteiger partial charge in [0, 0.05) is 5.69 Å². The van der Waals surface area contributed by atoms with Gasteiger partial charge in [0.1, 0.15) is 18.1 Å². The molecular formula is C15H17NO4. The largest absolute Gasteiger partial charge is 0.462 e. The van der Waals surface area contributed by atoms with Crippen LogP contribution in [0.2, 0.25) is 0 Å². The number of hydrogen-bond acceptors (Lipinski definition) is 5. The Morgan fingerprint density at radius 1 is 1.30 bits per heavy atom. The minimum Gasteiger partial charge on any atom is -0.462 e. The lowest BCUT2D eigenvalue weighted by Crippen LogP contribution is -2.05. The van der Waals surface area contributed by atoms with Gasteiger partial charge in [0.15, 0.2) is 0 Å². The molecule has 106 valence electrons. The molecule has 2 rings (SSSR count). The second kappa shape index (κ2) is 6.77. The van der Waals surface area contributed by atoms with Gasteiger partial charge in [-0.05, 0) is 37.3 Å². The van der Waals surface area contributed by atoms with Gasteiger partial charge in [-0.2, -0.15) is 0 Å². The molecule has 0 saturated heterocycles. The normalized spacial score (nSPS) is 10.3. The van der Waals surface area contributed by atoms with Gasteiger partial charge in [-0.1, -0.05) is 6.07 Å². The average Bonchev–Trinajstić information content (AvgIpc) is 2.94. The Balaban J connectivity index is 1.99. The molecule has 0 radical (unpaired) electrons. The number of aliphatic hydroxyl groups is 1. The quantitative estimate of drug-likeness (QED) is 0.793. The summed E-state index contributed by atoms with van der Waals surface area (Å²) in [4.78, 5) is 11.6. The number of anilines is 1. The fourth-order valence-corrected chi connectivity index (χ4v) is 1.76. The second-order valence-corrected chi connectivity index (χ2v) is 4.18. The number of hydrogen-bond donors (Lipinski definition) is 2. The summed E-state index contributed by atoms with van der Waals surface area (Å²) in [6.07, 6.45) is 0. The number of ether oxygens (including phenoxy) is 1. The third-order valence-corrected chi connectivity index (χ3v) is 2.71. The van der Waals surface area contributed by atoms with Crippen LogP contribution < -0.4 is 5.32 Å².